The summed E-state index contributed by atoms with van der Waals surface area (Å²) in [7, 11) is 0. The molecule has 0 unspecified atom stereocenters. The Kier molecular flexibility index (Phi) is 13.4. The molecule has 1 heterocycles. The second-order valence-electron chi connectivity index (χ2n) is 13.3. The van der Waals surface area contributed by atoms with E-state index in [4.69, 9.17) is 14.2 Å². The van der Waals surface area contributed by atoms with Crippen molar-refractivity contribution in [2.45, 2.75) is 70.5 Å². The number of alkyl halides is 2. The van der Waals surface area contributed by atoms with Crippen molar-refractivity contribution in [3.63, 3.8) is 0 Å². The van der Waals surface area contributed by atoms with E-state index < -0.39 is 48.8 Å². The van der Waals surface area contributed by atoms with Gasteiger partial charge in [-0.05, 0) is 47.7 Å². The van der Waals surface area contributed by atoms with Gasteiger partial charge in [-0.2, -0.15) is 0 Å². The standard InChI is InChI=1S/C40H46F4N2O3/c1-29-39(49-28-40(2,26-41)27-42)48-25-36(45-29)38(47-24-32-16-10-5-11-17-32)37(20-33-18-34(43)21-35(44)19-33)46(22-30-12-6-3-7-13-30)23-31-14-8-4-9-15-31/h3-19,21,29,36-39,45H,20,22-28H2,1-2H3/t29-,36+,37-,38+,39-/m0/s1. The van der Waals surface area contributed by atoms with E-state index in [2.05, 4.69) is 34.5 Å². The van der Waals surface area contributed by atoms with E-state index in [1.807, 2.05) is 73.7 Å². The summed E-state index contributed by atoms with van der Waals surface area (Å²) in [5.41, 5.74) is 2.39. The third kappa shape index (κ3) is 10.7. The molecule has 4 aromatic rings. The quantitative estimate of drug-likeness (QED) is 0.115. The summed E-state index contributed by atoms with van der Waals surface area (Å²) in [6, 6.07) is 32.5. The number of morpholine rings is 1. The van der Waals surface area contributed by atoms with Gasteiger partial charge < -0.3 is 19.5 Å². The molecule has 0 aliphatic carbocycles. The molecule has 0 spiro atoms. The van der Waals surface area contributed by atoms with Gasteiger partial charge in [0.15, 0.2) is 6.29 Å². The lowest BCUT2D eigenvalue weighted by Gasteiger charge is -2.45. The minimum absolute atomic E-state index is 0.134. The number of nitrogens with one attached hydrogen (secondary N) is 1. The van der Waals surface area contributed by atoms with Crippen LogP contribution in [0.3, 0.4) is 0 Å². The maximum Gasteiger partial charge on any atom is 0.172 e. The van der Waals surface area contributed by atoms with Crippen molar-refractivity contribution in [3.05, 3.63) is 143 Å². The van der Waals surface area contributed by atoms with Crippen LogP contribution < -0.4 is 5.32 Å². The predicted molar refractivity (Wildman–Crippen MR) is 183 cm³/mol. The highest BCUT2D eigenvalue weighted by Crippen LogP contribution is 2.28. The Labute approximate surface area is 287 Å². The largest absolute Gasteiger partial charge is 0.370 e. The number of benzene rings is 4. The second-order valence-corrected chi connectivity index (χ2v) is 13.3. The first-order chi connectivity index (χ1) is 23.7. The van der Waals surface area contributed by atoms with Gasteiger partial charge in [0, 0.05) is 30.6 Å². The van der Waals surface area contributed by atoms with Crippen LogP contribution in [0.15, 0.2) is 109 Å². The fraction of sp³-hybridized carbons (Fsp3) is 0.400. The Balaban J connectivity index is 1.51. The van der Waals surface area contributed by atoms with E-state index in [-0.39, 0.29) is 31.7 Å². The highest BCUT2D eigenvalue weighted by Gasteiger charge is 2.40. The molecular weight excluding hydrogens is 632 g/mol. The average molecular weight is 679 g/mol. The fourth-order valence-corrected chi connectivity index (χ4v) is 6.20. The molecule has 1 aliphatic heterocycles. The fourth-order valence-electron chi connectivity index (χ4n) is 6.20. The van der Waals surface area contributed by atoms with Gasteiger partial charge in [0.25, 0.3) is 0 Å². The number of rotatable bonds is 17. The molecule has 49 heavy (non-hydrogen) atoms. The van der Waals surface area contributed by atoms with E-state index in [9.17, 15) is 17.6 Å². The van der Waals surface area contributed by atoms with Crippen molar-refractivity contribution in [3.8, 4) is 0 Å². The molecule has 5 rings (SSSR count). The van der Waals surface area contributed by atoms with Crippen molar-refractivity contribution in [1.29, 1.82) is 0 Å². The first-order valence-electron chi connectivity index (χ1n) is 16.8. The molecule has 0 radical (unpaired) electrons. The number of nitrogens with zero attached hydrogens (tertiary/aromatic N) is 1. The lowest BCUT2D eigenvalue weighted by atomic mass is 9.92. The van der Waals surface area contributed by atoms with Crippen LogP contribution in [0.4, 0.5) is 17.6 Å². The Bertz CT molecular complexity index is 1480. The number of ether oxygens (including phenoxy) is 3. The molecule has 0 amide bonds. The van der Waals surface area contributed by atoms with Gasteiger partial charge in [0.2, 0.25) is 0 Å². The molecule has 1 fully saturated rings. The minimum atomic E-state index is -1.25. The summed E-state index contributed by atoms with van der Waals surface area (Å²) in [6.45, 7) is 3.12. The van der Waals surface area contributed by atoms with Crippen LogP contribution in [0.5, 0.6) is 0 Å². The number of hydrogen-bond acceptors (Lipinski definition) is 5. The summed E-state index contributed by atoms with van der Waals surface area (Å²) >= 11 is 0. The average Bonchev–Trinajstić information content (AvgIpc) is 3.11. The maximum atomic E-state index is 14.6. The summed E-state index contributed by atoms with van der Waals surface area (Å²) in [6.07, 6.45) is -0.987. The first kappa shape index (κ1) is 36.7. The zero-order chi connectivity index (χ0) is 34.6. The van der Waals surface area contributed by atoms with E-state index in [0.29, 0.717) is 25.3 Å². The molecule has 4 aromatic carbocycles. The zero-order valence-corrected chi connectivity index (χ0v) is 28.1. The lowest BCUT2D eigenvalue weighted by Crippen LogP contribution is -2.63. The Hall–Kier alpha value is -3.60. The summed E-state index contributed by atoms with van der Waals surface area (Å²) < 4.78 is 75.3. The van der Waals surface area contributed by atoms with Gasteiger partial charge >= 0.3 is 0 Å². The van der Waals surface area contributed by atoms with Crippen molar-refractivity contribution in [2.75, 3.05) is 26.6 Å². The summed E-state index contributed by atoms with van der Waals surface area (Å²) in [4.78, 5) is 2.30. The molecule has 1 aliphatic rings. The van der Waals surface area contributed by atoms with Crippen LogP contribution in [-0.4, -0.2) is 62.0 Å². The van der Waals surface area contributed by atoms with Crippen LogP contribution in [0.1, 0.15) is 36.1 Å². The second kappa shape index (κ2) is 17.9. The van der Waals surface area contributed by atoms with Crippen molar-refractivity contribution in [1.82, 2.24) is 10.2 Å². The third-order valence-corrected chi connectivity index (χ3v) is 8.92. The highest BCUT2D eigenvalue weighted by molar-refractivity contribution is 5.22. The van der Waals surface area contributed by atoms with Crippen molar-refractivity contribution >= 4 is 0 Å². The zero-order valence-electron chi connectivity index (χ0n) is 28.1. The van der Waals surface area contributed by atoms with Crippen LogP contribution in [0.25, 0.3) is 0 Å². The Morgan fingerprint density at radius 2 is 1.33 bits per heavy atom. The van der Waals surface area contributed by atoms with Crippen LogP contribution in [0, 0.1) is 17.0 Å². The smallest absolute Gasteiger partial charge is 0.172 e. The SMILES string of the molecule is C[C@@H]1N[C@@H]([C@@H](OCc2ccccc2)[C@H](Cc2cc(F)cc(F)c2)N(Cc2ccccc2)Cc2ccccc2)CO[C@H]1OCC(C)(CF)CF. The van der Waals surface area contributed by atoms with Gasteiger partial charge in [0.05, 0.1) is 51.4 Å². The summed E-state index contributed by atoms with van der Waals surface area (Å²) in [5.74, 6) is -1.29. The monoisotopic (exact) mass is 678 g/mol. The molecule has 1 saturated heterocycles. The van der Waals surface area contributed by atoms with E-state index in [1.54, 1.807) is 0 Å². The Morgan fingerprint density at radius 1 is 0.796 bits per heavy atom. The lowest BCUT2D eigenvalue weighted by molar-refractivity contribution is -0.210. The number of hydrogen-bond donors (Lipinski definition) is 1. The molecule has 0 bridgehead atoms. The van der Waals surface area contributed by atoms with Gasteiger partial charge in [-0.25, -0.2) is 8.78 Å². The molecule has 1 N–H and O–H groups in total. The highest BCUT2D eigenvalue weighted by atomic mass is 19.1. The van der Waals surface area contributed by atoms with Crippen molar-refractivity contribution < 1.29 is 31.8 Å². The normalized spacial score (nSPS) is 19.5. The molecule has 9 heteroatoms. The van der Waals surface area contributed by atoms with Gasteiger partial charge in [-0.3, -0.25) is 13.7 Å². The maximum absolute atomic E-state index is 14.6. The topological polar surface area (TPSA) is 43.0 Å². The van der Waals surface area contributed by atoms with Crippen LogP contribution in [0.2, 0.25) is 0 Å². The first-order valence-corrected chi connectivity index (χ1v) is 16.8. The van der Waals surface area contributed by atoms with Crippen LogP contribution in [-0.2, 0) is 40.3 Å². The number of halogens is 4. The van der Waals surface area contributed by atoms with Crippen molar-refractivity contribution in [2.24, 2.45) is 5.41 Å². The molecular formula is C40H46F4N2O3. The third-order valence-electron chi connectivity index (χ3n) is 8.92. The minimum Gasteiger partial charge on any atom is -0.370 e. The van der Waals surface area contributed by atoms with E-state index >= 15 is 0 Å². The molecule has 5 nitrogen and oxygen atoms in total. The van der Waals surface area contributed by atoms with Gasteiger partial charge in [-0.1, -0.05) is 97.9 Å². The Morgan fingerprint density at radius 3 is 1.84 bits per heavy atom. The molecule has 262 valence electrons. The van der Waals surface area contributed by atoms with Gasteiger partial charge in [0.1, 0.15) is 11.6 Å². The predicted octanol–water partition coefficient (Wildman–Crippen LogP) is 7.83. The van der Waals surface area contributed by atoms with E-state index in [0.717, 1.165) is 22.8 Å². The molecule has 0 saturated carbocycles. The van der Waals surface area contributed by atoms with E-state index in [1.165, 1.54) is 19.1 Å². The molecule has 5 atom stereocenters. The summed E-state index contributed by atoms with van der Waals surface area (Å²) in [5, 5.41) is 3.61. The van der Waals surface area contributed by atoms with Crippen LogP contribution >= 0.6 is 0 Å². The molecule has 0 aromatic heterocycles. The van der Waals surface area contributed by atoms with Gasteiger partial charge in [-0.15, -0.1) is 0 Å².